The van der Waals surface area contributed by atoms with Gasteiger partial charge in [0.15, 0.2) is 0 Å². The second-order valence-electron chi connectivity index (χ2n) is 11.6. The topological polar surface area (TPSA) is 17.3 Å². The van der Waals surface area contributed by atoms with E-state index in [1.54, 1.807) is 0 Å². The number of para-hydroxylation sites is 2. The fourth-order valence-corrected chi connectivity index (χ4v) is 10.6. The van der Waals surface area contributed by atoms with Crippen LogP contribution in [0.2, 0.25) is 0 Å². The molecule has 0 N–H and O–H groups in total. The van der Waals surface area contributed by atoms with Gasteiger partial charge >= 0.3 is 0 Å². The Bertz CT molecular complexity index is 2570. The van der Waals surface area contributed by atoms with Gasteiger partial charge in [-0.05, 0) is 79.6 Å². The molecule has 0 aliphatic rings. The van der Waals surface area contributed by atoms with Crippen molar-refractivity contribution in [3.05, 3.63) is 164 Å². The number of imidazole rings is 1. The Hall–Kier alpha value is -5.08. The molecule has 9 aromatic rings. The summed E-state index contributed by atoms with van der Waals surface area (Å²) in [5.41, 5.74) is 6.62. The molecule has 2 nitrogen and oxygen atoms in total. The van der Waals surface area contributed by atoms with Crippen LogP contribution in [0, 0.1) is 0 Å². The molecule has 45 heavy (non-hydrogen) atoms. The van der Waals surface area contributed by atoms with Crippen LogP contribution in [0.4, 0.5) is 0 Å². The van der Waals surface area contributed by atoms with Crippen LogP contribution in [0.3, 0.4) is 0 Å². The molecule has 2 aromatic heterocycles. The second kappa shape index (κ2) is 10.2. The molecule has 0 aliphatic carbocycles. The average Bonchev–Trinajstić information content (AvgIpc) is 3.51. The van der Waals surface area contributed by atoms with Crippen LogP contribution >= 0.6 is 6.04 Å². The largest absolute Gasteiger partial charge is 0.292 e. The maximum atomic E-state index is 6.77. The second-order valence-corrected chi connectivity index (χ2v) is 16.0. The van der Waals surface area contributed by atoms with E-state index >= 15 is 0 Å². The molecule has 7 aromatic carbocycles. The van der Waals surface area contributed by atoms with Crippen LogP contribution in [0.1, 0.15) is 0 Å². The predicted molar refractivity (Wildman–Crippen MR) is 197 cm³/mol. The summed E-state index contributed by atoms with van der Waals surface area (Å²) in [7, 11) is 0. The van der Waals surface area contributed by atoms with Crippen LogP contribution in [0.15, 0.2) is 164 Å². The first-order chi connectivity index (χ1) is 22.2. The molecule has 0 atom stereocenters. The molecule has 0 spiro atoms. The minimum absolute atomic E-state index is 0.970. The highest BCUT2D eigenvalue weighted by Gasteiger charge is 2.26. The van der Waals surface area contributed by atoms with Crippen molar-refractivity contribution in [2.24, 2.45) is 0 Å². The van der Waals surface area contributed by atoms with Gasteiger partial charge in [0, 0.05) is 16.8 Å². The molecular formula is C41H27N2PS. The Kier molecular flexibility index (Phi) is 5.99. The number of pyridine rings is 1. The van der Waals surface area contributed by atoms with Crippen LogP contribution in [0.25, 0.3) is 60.3 Å². The van der Waals surface area contributed by atoms with Gasteiger partial charge < -0.3 is 0 Å². The lowest BCUT2D eigenvalue weighted by molar-refractivity contribution is 1.32. The summed E-state index contributed by atoms with van der Waals surface area (Å²) in [6.45, 7) is 0. The lowest BCUT2D eigenvalue weighted by atomic mass is 9.97. The Morgan fingerprint density at radius 1 is 0.444 bits per heavy atom. The lowest BCUT2D eigenvalue weighted by Crippen LogP contribution is -2.24. The monoisotopic (exact) mass is 610 g/mol. The third kappa shape index (κ3) is 4.09. The predicted octanol–water partition coefficient (Wildman–Crippen LogP) is 9.37. The van der Waals surface area contributed by atoms with Gasteiger partial charge in [-0.25, -0.2) is 4.98 Å². The zero-order valence-corrected chi connectivity index (χ0v) is 26.0. The summed E-state index contributed by atoms with van der Waals surface area (Å²) >= 11 is 6.77. The maximum Gasteiger partial charge on any atom is 0.146 e. The minimum atomic E-state index is -2.34. The molecule has 0 amide bonds. The highest BCUT2D eigenvalue weighted by molar-refractivity contribution is 8.25. The van der Waals surface area contributed by atoms with Crippen molar-refractivity contribution < 1.29 is 0 Å². The van der Waals surface area contributed by atoms with Crippen molar-refractivity contribution in [3.63, 3.8) is 0 Å². The van der Waals surface area contributed by atoms with Crippen molar-refractivity contribution in [1.82, 2.24) is 9.38 Å². The number of aromatic nitrogens is 2. The summed E-state index contributed by atoms with van der Waals surface area (Å²) < 4.78 is 2.34. The number of rotatable bonds is 4. The van der Waals surface area contributed by atoms with Crippen LogP contribution in [-0.2, 0) is 11.8 Å². The van der Waals surface area contributed by atoms with Gasteiger partial charge in [0.2, 0.25) is 0 Å². The van der Waals surface area contributed by atoms with Crippen molar-refractivity contribution in [3.8, 4) is 11.1 Å². The number of hydrogen-bond donors (Lipinski definition) is 0. The normalized spacial score (nSPS) is 12.1. The molecule has 0 bridgehead atoms. The van der Waals surface area contributed by atoms with E-state index in [1.165, 1.54) is 48.6 Å². The lowest BCUT2D eigenvalue weighted by Gasteiger charge is -2.25. The Morgan fingerprint density at radius 3 is 1.82 bits per heavy atom. The standard InChI is InChI=1S/C41H27N2PS/c45-44(32-14-6-2-7-15-32,33-16-8-3-9-17-33)34-22-23-35-36-26-31-24-29(28-12-4-1-5-13-28)20-21-30(31)25-37(36)41-42-38-18-10-11-19-39(38)43(41)40(35)27-34/h1-27H. The van der Waals surface area contributed by atoms with Crippen LogP contribution < -0.4 is 15.9 Å². The quantitative estimate of drug-likeness (QED) is 0.112. The number of fused-ring (bicyclic) bond motifs is 9. The number of nitrogens with zero attached hydrogens (tertiary/aromatic N) is 2. The number of benzene rings is 7. The van der Waals surface area contributed by atoms with E-state index in [1.807, 2.05) is 0 Å². The van der Waals surface area contributed by atoms with E-state index in [4.69, 9.17) is 16.8 Å². The van der Waals surface area contributed by atoms with E-state index in [-0.39, 0.29) is 0 Å². The smallest absolute Gasteiger partial charge is 0.146 e. The average molecular weight is 611 g/mol. The first-order valence-electron chi connectivity index (χ1n) is 15.2. The molecular weight excluding hydrogens is 584 g/mol. The van der Waals surface area contributed by atoms with Gasteiger partial charge in [-0.3, -0.25) is 4.40 Å². The fraction of sp³-hybridized carbons (Fsp3) is 0. The van der Waals surface area contributed by atoms with Crippen molar-refractivity contribution >= 4 is 82.9 Å². The minimum Gasteiger partial charge on any atom is -0.292 e. The molecule has 9 rings (SSSR count). The molecule has 4 heteroatoms. The Balaban J connectivity index is 1.39. The molecule has 0 unspecified atom stereocenters. The summed E-state index contributed by atoms with van der Waals surface area (Å²) in [6.07, 6.45) is 0. The van der Waals surface area contributed by atoms with Crippen molar-refractivity contribution in [1.29, 1.82) is 0 Å². The van der Waals surface area contributed by atoms with Gasteiger partial charge in [0.25, 0.3) is 0 Å². The SMILES string of the molecule is S=P(c1ccccc1)(c1ccccc1)c1ccc2c3cc4cc(-c5ccccc5)ccc4cc3c3nc4ccccc4n3c2c1. The first kappa shape index (κ1) is 26.3. The Labute approximate surface area is 266 Å². The molecule has 0 saturated heterocycles. The van der Waals surface area contributed by atoms with Gasteiger partial charge in [0.05, 0.1) is 16.6 Å². The molecule has 0 aliphatic heterocycles. The summed E-state index contributed by atoms with van der Waals surface area (Å²) in [6, 6.07) is 56.3. The van der Waals surface area contributed by atoms with Gasteiger partial charge in [0.1, 0.15) is 5.65 Å². The van der Waals surface area contributed by atoms with Crippen LogP contribution in [0.5, 0.6) is 0 Å². The summed E-state index contributed by atoms with van der Waals surface area (Å²) in [5.74, 6) is 0. The summed E-state index contributed by atoms with van der Waals surface area (Å²) in [5, 5.41) is 9.52. The molecule has 2 heterocycles. The molecule has 0 fully saturated rings. The fourth-order valence-electron chi connectivity index (χ4n) is 6.82. The van der Waals surface area contributed by atoms with E-state index < -0.39 is 6.04 Å². The van der Waals surface area contributed by atoms with Crippen LogP contribution in [-0.4, -0.2) is 9.38 Å². The molecule has 0 saturated carbocycles. The third-order valence-corrected chi connectivity index (χ3v) is 14.0. The van der Waals surface area contributed by atoms with Crippen molar-refractivity contribution in [2.45, 2.75) is 0 Å². The van der Waals surface area contributed by atoms with E-state index in [0.29, 0.717) is 0 Å². The van der Waals surface area contributed by atoms with Gasteiger partial charge in [-0.1, -0.05) is 139 Å². The Morgan fingerprint density at radius 2 is 1.09 bits per heavy atom. The zero-order valence-electron chi connectivity index (χ0n) is 24.3. The van der Waals surface area contributed by atoms with E-state index in [0.717, 1.165) is 27.6 Å². The van der Waals surface area contributed by atoms with E-state index in [2.05, 4.69) is 168 Å². The summed E-state index contributed by atoms with van der Waals surface area (Å²) in [4.78, 5) is 5.22. The molecule has 212 valence electrons. The van der Waals surface area contributed by atoms with E-state index in [9.17, 15) is 0 Å². The third-order valence-electron chi connectivity index (χ3n) is 9.00. The first-order valence-corrected chi connectivity index (χ1v) is 18.0. The number of hydrogen-bond acceptors (Lipinski definition) is 2. The van der Waals surface area contributed by atoms with Gasteiger partial charge in [-0.2, -0.15) is 0 Å². The van der Waals surface area contributed by atoms with Gasteiger partial charge in [-0.15, -0.1) is 0 Å². The molecule has 0 radical (unpaired) electrons. The van der Waals surface area contributed by atoms with Crippen molar-refractivity contribution in [2.75, 3.05) is 0 Å². The zero-order chi connectivity index (χ0) is 30.0. The highest BCUT2D eigenvalue weighted by atomic mass is 32.4. The highest BCUT2D eigenvalue weighted by Crippen LogP contribution is 2.44. The maximum absolute atomic E-state index is 6.77.